The van der Waals surface area contributed by atoms with Crippen LogP contribution in [0.25, 0.3) is 0 Å². The molecule has 1 atom stereocenters. The minimum atomic E-state index is -0.787. The van der Waals surface area contributed by atoms with Gasteiger partial charge in [0.2, 0.25) is 0 Å². The Bertz CT molecular complexity index is 556. The standard InChI is InChI=1S/C18H27NO5/c1-12(2)16(24-18(19)21)10-14-6-7-15(13(3)20)17(11-14)23-9-5-8-22-4/h6-7,11-12,16H,5,8-10H2,1-4H3,(H2,19,21). The second-order valence-corrected chi connectivity index (χ2v) is 6.00. The molecule has 1 amide bonds. The van der Waals surface area contributed by atoms with Gasteiger partial charge < -0.3 is 19.9 Å². The van der Waals surface area contributed by atoms with Crippen LogP contribution >= 0.6 is 0 Å². The Morgan fingerprint density at radius 3 is 2.46 bits per heavy atom. The third-order valence-corrected chi connectivity index (χ3v) is 3.62. The number of carbonyl (C=O) groups excluding carboxylic acids is 2. The second-order valence-electron chi connectivity index (χ2n) is 6.00. The number of hydrogen-bond acceptors (Lipinski definition) is 5. The maximum Gasteiger partial charge on any atom is 0.404 e. The Kier molecular flexibility index (Phi) is 8.26. The van der Waals surface area contributed by atoms with Crippen LogP contribution in [-0.2, 0) is 15.9 Å². The molecule has 0 aliphatic carbocycles. The van der Waals surface area contributed by atoms with Crippen molar-refractivity contribution in [2.75, 3.05) is 20.3 Å². The van der Waals surface area contributed by atoms with Crippen LogP contribution in [0, 0.1) is 5.92 Å². The molecule has 0 fully saturated rings. The first-order chi connectivity index (χ1) is 11.3. The lowest BCUT2D eigenvalue weighted by Gasteiger charge is -2.21. The molecule has 0 aliphatic heterocycles. The number of ketones is 1. The van der Waals surface area contributed by atoms with Crippen molar-refractivity contribution in [1.82, 2.24) is 0 Å². The number of hydrogen-bond donors (Lipinski definition) is 1. The highest BCUT2D eigenvalue weighted by molar-refractivity contribution is 5.96. The smallest absolute Gasteiger partial charge is 0.404 e. The number of carbonyl (C=O) groups is 2. The zero-order chi connectivity index (χ0) is 18.1. The van der Waals surface area contributed by atoms with Crippen LogP contribution in [0.3, 0.4) is 0 Å². The summed E-state index contributed by atoms with van der Waals surface area (Å²) in [6, 6.07) is 5.41. The number of rotatable bonds is 10. The van der Waals surface area contributed by atoms with Gasteiger partial charge >= 0.3 is 6.09 Å². The molecule has 1 aromatic carbocycles. The van der Waals surface area contributed by atoms with Crippen LogP contribution in [0.5, 0.6) is 5.75 Å². The van der Waals surface area contributed by atoms with Crippen molar-refractivity contribution >= 4 is 11.9 Å². The number of primary amides is 1. The third kappa shape index (κ3) is 6.58. The SMILES string of the molecule is COCCCOc1cc(CC(OC(N)=O)C(C)C)ccc1C(C)=O. The predicted molar refractivity (Wildman–Crippen MR) is 91.4 cm³/mol. The highest BCUT2D eigenvalue weighted by Gasteiger charge is 2.19. The maximum absolute atomic E-state index is 11.8. The Morgan fingerprint density at radius 2 is 1.92 bits per heavy atom. The number of ether oxygens (including phenoxy) is 3. The van der Waals surface area contributed by atoms with Crippen molar-refractivity contribution in [3.63, 3.8) is 0 Å². The fourth-order valence-corrected chi connectivity index (χ4v) is 2.28. The molecular weight excluding hydrogens is 310 g/mol. The molecule has 0 heterocycles. The maximum atomic E-state index is 11.8. The number of benzene rings is 1. The molecule has 0 saturated carbocycles. The quantitative estimate of drug-likeness (QED) is 0.524. The van der Waals surface area contributed by atoms with E-state index in [4.69, 9.17) is 19.9 Å². The van der Waals surface area contributed by atoms with Crippen molar-refractivity contribution in [3.8, 4) is 5.75 Å². The summed E-state index contributed by atoms with van der Waals surface area (Å²) in [6.45, 7) is 6.48. The van der Waals surface area contributed by atoms with Crippen LogP contribution in [0.2, 0.25) is 0 Å². The fraction of sp³-hybridized carbons (Fsp3) is 0.556. The van der Waals surface area contributed by atoms with Gasteiger partial charge in [0.15, 0.2) is 5.78 Å². The summed E-state index contributed by atoms with van der Waals surface area (Å²) >= 11 is 0. The first kappa shape index (κ1) is 20.0. The minimum absolute atomic E-state index is 0.0583. The molecule has 6 nitrogen and oxygen atoms in total. The zero-order valence-corrected chi connectivity index (χ0v) is 14.8. The molecular formula is C18H27NO5. The summed E-state index contributed by atoms with van der Waals surface area (Å²) in [6.07, 6.45) is 0.127. The van der Waals surface area contributed by atoms with Crippen molar-refractivity contribution in [2.45, 2.75) is 39.7 Å². The van der Waals surface area contributed by atoms with Crippen molar-refractivity contribution in [3.05, 3.63) is 29.3 Å². The molecule has 1 rings (SSSR count). The third-order valence-electron chi connectivity index (χ3n) is 3.62. The number of nitrogens with two attached hydrogens (primary N) is 1. The molecule has 0 bridgehead atoms. The van der Waals surface area contributed by atoms with Gasteiger partial charge in [0.25, 0.3) is 0 Å². The minimum Gasteiger partial charge on any atom is -0.493 e. The summed E-state index contributed by atoms with van der Waals surface area (Å²) in [4.78, 5) is 22.8. The lowest BCUT2D eigenvalue weighted by atomic mass is 9.97. The molecule has 6 heteroatoms. The molecule has 1 aromatic rings. The van der Waals surface area contributed by atoms with E-state index >= 15 is 0 Å². The molecule has 2 N–H and O–H groups in total. The first-order valence-corrected chi connectivity index (χ1v) is 8.06. The second kappa shape index (κ2) is 9.93. The van der Waals surface area contributed by atoms with E-state index in [-0.39, 0.29) is 17.8 Å². The van der Waals surface area contributed by atoms with Crippen molar-refractivity contribution < 1.29 is 23.8 Å². The van der Waals surface area contributed by atoms with Gasteiger partial charge in [0.05, 0.1) is 12.2 Å². The average molecular weight is 337 g/mol. The first-order valence-electron chi connectivity index (χ1n) is 8.06. The van der Waals surface area contributed by atoms with Gasteiger partial charge in [-0.15, -0.1) is 0 Å². The lowest BCUT2D eigenvalue weighted by Crippen LogP contribution is -2.29. The topological polar surface area (TPSA) is 87.8 Å². The van der Waals surface area contributed by atoms with Gasteiger partial charge in [-0.1, -0.05) is 19.9 Å². The monoisotopic (exact) mass is 337 g/mol. The predicted octanol–water partition coefficient (Wildman–Crippen LogP) is 2.97. The van der Waals surface area contributed by atoms with Gasteiger partial charge in [0, 0.05) is 26.6 Å². The molecule has 0 radical (unpaired) electrons. The van der Waals surface area contributed by atoms with Gasteiger partial charge in [-0.3, -0.25) is 4.79 Å². The van der Waals surface area contributed by atoms with E-state index in [2.05, 4.69) is 0 Å². The highest BCUT2D eigenvalue weighted by Crippen LogP contribution is 2.24. The van der Waals surface area contributed by atoms with Crippen molar-refractivity contribution in [1.29, 1.82) is 0 Å². The summed E-state index contributed by atoms with van der Waals surface area (Å²) in [5.74, 6) is 0.603. The number of amides is 1. The van der Waals surface area contributed by atoms with Gasteiger partial charge in [-0.2, -0.15) is 0 Å². The van der Waals surface area contributed by atoms with E-state index in [0.717, 1.165) is 12.0 Å². The Labute approximate surface area is 143 Å². The average Bonchev–Trinajstić information content (AvgIpc) is 2.50. The molecule has 0 aliphatic rings. The highest BCUT2D eigenvalue weighted by atomic mass is 16.6. The summed E-state index contributed by atoms with van der Waals surface area (Å²) in [5, 5.41) is 0. The van der Waals surface area contributed by atoms with Crippen LogP contribution in [0.15, 0.2) is 18.2 Å². The van der Waals surface area contributed by atoms with Gasteiger partial charge in [-0.05, 0) is 30.5 Å². The van der Waals surface area contributed by atoms with E-state index in [9.17, 15) is 9.59 Å². The summed E-state index contributed by atoms with van der Waals surface area (Å²) in [7, 11) is 1.63. The fourth-order valence-electron chi connectivity index (χ4n) is 2.28. The Balaban J connectivity index is 2.91. The van der Waals surface area contributed by atoms with Gasteiger partial charge in [-0.25, -0.2) is 4.79 Å². The van der Waals surface area contributed by atoms with E-state index in [1.54, 1.807) is 13.2 Å². The van der Waals surface area contributed by atoms with Crippen LogP contribution in [-0.4, -0.2) is 38.3 Å². The Hall–Kier alpha value is -2.08. The van der Waals surface area contributed by atoms with E-state index in [1.807, 2.05) is 26.0 Å². The largest absolute Gasteiger partial charge is 0.493 e. The normalized spacial score (nSPS) is 12.0. The van der Waals surface area contributed by atoms with Crippen LogP contribution < -0.4 is 10.5 Å². The summed E-state index contributed by atoms with van der Waals surface area (Å²) in [5.41, 5.74) is 6.58. The number of Topliss-reactive ketones (excluding diaryl/α,β-unsaturated/α-hetero) is 1. The Morgan fingerprint density at radius 1 is 1.21 bits per heavy atom. The molecule has 134 valence electrons. The molecule has 0 aromatic heterocycles. The molecule has 0 saturated heterocycles. The van der Waals surface area contributed by atoms with Gasteiger partial charge in [0.1, 0.15) is 11.9 Å². The van der Waals surface area contributed by atoms with E-state index in [1.165, 1.54) is 6.92 Å². The van der Waals surface area contributed by atoms with Crippen LogP contribution in [0.4, 0.5) is 4.79 Å². The molecule has 1 unspecified atom stereocenters. The van der Waals surface area contributed by atoms with Crippen LogP contribution in [0.1, 0.15) is 43.1 Å². The zero-order valence-electron chi connectivity index (χ0n) is 14.8. The lowest BCUT2D eigenvalue weighted by molar-refractivity contribution is 0.0787. The van der Waals surface area contributed by atoms with E-state index < -0.39 is 6.09 Å². The number of methoxy groups -OCH3 is 1. The molecule has 24 heavy (non-hydrogen) atoms. The molecule has 0 spiro atoms. The van der Waals surface area contributed by atoms with Crippen molar-refractivity contribution in [2.24, 2.45) is 11.7 Å². The van der Waals surface area contributed by atoms with E-state index in [0.29, 0.717) is 30.9 Å². The summed E-state index contributed by atoms with van der Waals surface area (Å²) < 4.78 is 15.9.